The summed E-state index contributed by atoms with van der Waals surface area (Å²) in [7, 11) is -4.28. The van der Waals surface area contributed by atoms with Gasteiger partial charge < -0.3 is 5.32 Å². The average Bonchev–Trinajstić information content (AvgIpc) is 2.93. The first-order chi connectivity index (χ1) is 9.50. The third kappa shape index (κ3) is 3.16. The summed E-state index contributed by atoms with van der Waals surface area (Å²) >= 11 is 0. The molecule has 1 aromatic heterocycles. The van der Waals surface area contributed by atoms with Crippen LogP contribution in [-0.4, -0.2) is 33.6 Å². The van der Waals surface area contributed by atoms with Crippen molar-refractivity contribution < 1.29 is 13.0 Å². The average molecular weight is 292 g/mol. The molecule has 0 saturated heterocycles. The lowest BCUT2D eigenvalue weighted by atomic mass is 10.3. The van der Waals surface area contributed by atoms with Gasteiger partial charge in [0.25, 0.3) is 10.1 Å². The van der Waals surface area contributed by atoms with Crippen molar-refractivity contribution in [3.8, 4) is 6.07 Å². The number of hydrogen-bond donors (Lipinski definition) is 3. The third-order valence-corrected chi connectivity index (χ3v) is 3.07. The minimum atomic E-state index is -4.28. The highest BCUT2D eigenvalue weighted by molar-refractivity contribution is 7.85. The number of aromatic nitrogens is 4. The Morgan fingerprint density at radius 1 is 1.50 bits per heavy atom. The number of rotatable bonds is 4. The zero-order valence-electron chi connectivity index (χ0n) is 9.85. The molecule has 3 N–H and O–H groups in total. The highest BCUT2D eigenvalue weighted by Crippen LogP contribution is 2.16. The van der Waals surface area contributed by atoms with Gasteiger partial charge in [0.2, 0.25) is 5.82 Å². The molecule has 0 fully saturated rings. The van der Waals surface area contributed by atoms with E-state index in [9.17, 15) is 8.42 Å². The Balaban J connectivity index is 2.25. The number of nitriles is 1. The minimum absolute atomic E-state index is 0.103. The quantitative estimate of drug-likeness (QED) is 0.543. The predicted octanol–water partition coefficient (Wildman–Crippen LogP) is 0.423. The van der Waals surface area contributed by atoms with E-state index in [1.54, 1.807) is 6.07 Å². The van der Waals surface area contributed by atoms with Crippen LogP contribution in [0.5, 0.6) is 0 Å². The molecule has 0 aliphatic heterocycles. The second-order valence-corrected chi connectivity index (χ2v) is 4.97. The molecule has 2 rings (SSSR count). The van der Waals surface area contributed by atoms with Gasteiger partial charge in [0.15, 0.2) is 0 Å². The maximum absolute atomic E-state index is 11.0. The Labute approximate surface area is 113 Å². The fraction of sp³-hybridized carbons (Fsp3) is 0. The number of H-pyrrole nitrogens is 1. The molecule has 2 aromatic rings. The minimum Gasteiger partial charge on any atom is -0.360 e. The first-order valence-electron chi connectivity index (χ1n) is 5.19. The lowest BCUT2D eigenvalue weighted by Crippen LogP contribution is -1.99. The Kier molecular flexibility index (Phi) is 3.74. The molecule has 10 heteroatoms. The molecule has 102 valence electrons. The van der Waals surface area contributed by atoms with Gasteiger partial charge >= 0.3 is 0 Å². The Morgan fingerprint density at radius 2 is 2.30 bits per heavy atom. The van der Waals surface area contributed by atoms with Gasteiger partial charge in [-0.25, -0.2) is 0 Å². The van der Waals surface area contributed by atoms with Gasteiger partial charge in [0.05, 0.1) is 4.90 Å². The first kappa shape index (κ1) is 13.7. The lowest BCUT2D eigenvalue weighted by molar-refractivity contribution is 0.483. The van der Waals surface area contributed by atoms with E-state index in [2.05, 4.69) is 25.9 Å². The summed E-state index contributed by atoms with van der Waals surface area (Å²) in [5.74, 6) is 0.103. The molecule has 0 amide bonds. The van der Waals surface area contributed by atoms with Crippen molar-refractivity contribution in [1.82, 2.24) is 20.6 Å². The number of anilines is 1. The van der Waals surface area contributed by atoms with Crippen LogP contribution in [0.2, 0.25) is 0 Å². The van der Waals surface area contributed by atoms with Crippen molar-refractivity contribution in [2.24, 2.45) is 0 Å². The van der Waals surface area contributed by atoms with Crippen molar-refractivity contribution in [2.75, 3.05) is 5.32 Å². The standard InChI is InChI=1S/C10H8N6O3S/c11-5-7(10-13-15-16-14-10)6-12-8-2-1-3-9(4-8)20(17,18)19/h1-4,6,12H,(H,17,18,19)(H,13,14,15,16). The van der Waals surface area contributed by atoms with Crippen molar-refractivity contribution in [3.05, 3.63) is 36.3 Å². The van der Waals surface area contributed by atoms with Crippen LogP contribution >= 0.6 is 0 Å². The molecular formula is C10H8N6O3S. The molecule has 0 saturated carbocycles. The van der Waals surface area contributed by atoms with Crippen LogP contribution in [0.15, 0.2) is 35.4 Å². The zero-order chi connectivity index (χ0) is 14.6. The maximum Gasteiger partial charge on any atom is 0.294 e. The zero-order valence-corrected chi connectivity index (χ0v) is 10.7. The van der Waals surface area contributed by atoms with Gasteiger partial charge in [-0.3, -0.25) is 4.55 Å². The van der Waals surface area contributed by atoms with E-state index in [1.165, 1.54) is 24.4 Å². The highest BCUT2D eigenvalue weighted by Gasteiger charge is 2.10. The second-order valence-electron chi connectivity index (χ2n) is 3.55. The number of allylic oxidation sites excluding steroid dienone is 1. The van der Waals surface area contributed by atoms with E-state index in [1.807, 2.05) is 6.07 Å². The molecule has 9 nitrogen and oxygen atoms in total. The number of tetrazole rings is 1. The van der Waals surface area contributed by atoms with Crippen molar-refractivity contribution in [3.63, 3.8) is 0 Å². The number of nitrogens with zero attached hydrogens (tertiary/aromatic N) is 4. The molecule has 0 unspecified atom stereocenters. The van der Waals surface area contributed by atoms with E-state index in [-0.39, 0.29) is 16.3 Å². The van der Waals surface area contributed by atoms with E-state index >= 15 is 0 Å². The smallest absolute Gasteiger partial charge is 0.294 e. The largest absolute Gasteiger partial charge is 0.360 e. The maximum atomic E-state index is 11.0. The first-order valence-corrected chi connectivity index (χ1v) is 6.63. The lowest BCUT2D eigenvalue weighted by Gasteiger charge is -2.03. The molecule has 1 heterocycles. The molecule has 0 aliphatic rings. The van der Waals surface area contributed by atoms with Crippen molar-refractivity contribution >= 4 is 21.4 Å². The highest BCUT2D eigenvalue weighted by atomic mass is 32.2. The van der Waals surface area contributed by atoms with Gasteiger partial charge in [-0.05, 0) is 23.4 Å². The summed E-state index contributed by atoms with van der Waals surface area (Å²) in [6, 6.07) is 7.34. The predicted molar refractivity (Wildman–Crippen MR) is 67.6 cm³/mol. The normalized spacial score (nSPS) is 11.9. The molecule has 0 radical (unpaired) electrons. The summed E-state index contributed by atoms with van der Waals surface area (Å²) in [6.45, 7) is 0. The molecule has 1 aromatic carbocycles. The van der Waals surface area contributed by atoms with Crippen LogP contribution in [0.3, 0.4) is 0 Å². The van der Waals surface area contributed by atoms with E-state index in [4.69, 9.17) is 9.81 Å². The van der Waals surface area contributed by atoms with Gasteiger partial charge in [-0.15, -0.1) is 10.2 Å². The monoisotopic (exact) mass is 292 g/mol. The number of benzene rings is 1. The summed E-state index contributed by atoms with van der Waals surface area (Å²) in [6.07, 6.45) is 1.30. The van der Waals surface area contributed by atoms with Crippen LogP contribution in [0, 0.1) is 11.3 Å². The van der Waals surface area contributed by atoms with E-state index in [0.29, 0.717) is 5.69 Å². The molecular weight excluding hydrogens is 284 g/mol. The van der Waals surface area contributed by atoms with Gasteiger partial charge in [-0.1, -0.05) is 6.07 Å². The Hall–Kier alpha value is -2.77. The molecule has 0 spiro atoms. The molecule has 0 bridgehead atoms. The van der Waals surface area contributed by atoms with Crippen LogP contribution in [0.25, 0.3) is 5.57 Å². The Morgan fingerprint density at radius 3 is 2.90 bits per heavy atom. The van der Waals surface area contributed by atoms with Crippen LogP contribution < -0.4 is 5.32 Å². The van der Waals surface area contributed by atoms with Crippen molar-refractivity contribution in [2.45, 2.75) is 4.90 Å². The summed E-state index contributed by atoms with van der Waals surface area (Å²) in [4.78, 5) is -0.256. The fourth-order valence-electron chi connectivity index (χ4n) is 1.32. The SMILES string of the molecule is N#CC(=CNc1cccc(S(=O)(=O)O)c1)c1nn[nH]n1. The Bertz CT molecular complexity index is 776. The topological polar surface area (TPSA) is 145 Å². The van der Waals surface area contributed by atoms with E-state index < -0.39 is 10.1 Å². The summed E-state index contributed by atoms with van der Waals surface area (Å²) < 4.78 is 30.9. The van der Waals surface area contributed by atoms with Crippen LogP contribution in [-0.2, 0) is 10.1 Å². The molecule has 0 atom stereocenters. The summed E-state index contributed by atoms with van der Waals surface area (Å²) in [5.41, 5.74) is 0.479. The number of hydrogen-bond acceptors (Lipinski definition) is 7. The fourth-order valence-corrected chi connectivity index (χ4v) is 1.85. The second kappa shape index (κ2) is 5.47. The third-order valence-electron chi connectivity index (χ3n) is 2.22. The summed E-state index contributed by atoms with van der Waals surface area (Å²) in [5, 5.41) is 24.5. The van der Waals surface area contributed by atoms with E-state index in [0.717, 1.165) is 0 Å². The van der Waals surface area contributed by atoms with Gasteiger partial charge in [0.1, 0.15) is 11.6 Å². The van der Waals surface area contributed by atoms with Crippen LogP contribution in [0.1, 0.15) is 5.82 Å². The van der Waals surface area contributed by atoms with Crippen LogP contribution in [0.4, 0.5) is 5.69 Å². The molecule has 0 aliphatic carbocycles. The number of aromatic amines is 1. The van der Waals surface area contributed by atoms with Gasteiger partial charge in [0, 0.05) is 11.9 Å². The van der Waals surface area contributed by atoms with Crippen molar-refractivity contribution in [1.29, 1.82) is 5.26 Å². The molecule has 20 heavy (non-hydrogen) atoms. The number of nitrogens with one attached hydrogen (secondary N) is 2. The van der Waals surface area contributed by atoms with Gasteiger partial charge in [-0.2, -0.15) is 18.9 Å².